The lowest BCUT2D eigenvalue weighted by Crippen LogP contribution is -1.86. The van der Waals surface area contributed by atoms with Crippen molar-refractivity contribution in [1.29, 1.82) is 0 Å². The number of aliphatic carboxylic acids is 1. The molecule has 0 amide bonds. The number of hydrogen-bond acceptors (Lipinski definition) is 3. The fraction of sp³-hybridized carbons (Fsp3) is 0. The second-order valence-electron chi connectivity index (χ2n) is 2.75. The largest absolute Gasteiger partial charge is 0.478 e. The van der Waals surface area contributed by atoms with Crippen molar-refractivity contribution in [3.05, 3.63) is 30.1 Å². The van der Waals surface area contributed by atoms with Gasteiger partial charge in [0.2, 0.25) is 0 Å². The lowest BCUT2D eigenvalue weighted by molar-refractivity contribution is -0.131. The number of nitrogens with zero attached hydrogens (tertiary/aromatic N) is 2. The average Bonchev–Trinajstić information content (AvgIpc) is 2.61. The molecule has 0 aliphatic rings. The van der Waals surface area contributed by atoms with Crippen molar-refractivity contribution in [2.75, 3.05) is 0 Å². The molecule has 2 N–H and O–H groups in total. The van der Waals surface area contributed by atoms with E-state index in [-0.39, 0.29) is 0 Å². The summed E-state index contributed by atoms with van der Waals surface area (Å²) in [4.78, 5) is 14.3. The Bertz CT molecular complexity index is 501. The van der Waals surface area contributed by atoms with Gasteiger partial charge < -0.3 is 5.11 Å². The summed E-state index contributed by atoms with van der Waals surface area (Å²) < 4.78 is 0. The fourth-order valence-electron chi connectivity index (χ4n) is 1.11. The molecule has 70 valence electrons. The topological polar surface area (TPSA) is 78.9 Å². The molecule has 2 aromatic rings. The van der Waals surface area contributed by atoms with Gasteiger partial charge in [-0.3, -0.25) is 5.10 Å². The van der Waals surface area contributed by atoms with Crippen LogP contribution in [-0.2, 0) is 4.79 Å². The van der Waals surface area contributed by atoms with E-state index >= 15 is 0 Å². The Labute approximate surface area is 79.1 Å². The van der Waals surface area contributed by atoms with Gasteiger partial charge in [0.15, 0.2) is 5.65 Å². The van der Waals surface area contributed by atoms with Crippen molar-refractivity contribution < 1.29 is 9.90 Å². The first-order valence-corrected chi connectivity index (χ1v) is 3.96. The minimum absolute atomic E-state index is 0.692. The molecule has 0 atom stereocenters. The average molecular weight is 189 g/mol. The number of pyridine rings is 1. The highest BCUT2D eigenvalue weighted by Crippen LogP contribution is 2.10. The maximum atomic E-state index is 10.3. The minimum atomic E-state index is -0.975. The van der Waals surface area contributed by atoms with Gasteiger partial charge in [-0.05, 0) is 17.7 Å². The molecular formula is C9H7N3O2. The van der Waals surface area contributed by atoms with Gasteiger partial charge in [-0.25, -0.2) is 9.78 Å². The van der Waals surface area contributed by atoms with E-state index in [0.29, 0.717) is 5.65 Å². The van der Waals surface area contributed by atoms with Gasteiger partial charge in [0.05, 0.1) is 6.20 Å². The Morgan fingerprint density at radius 1 is 1.50 bits per heavy atom. The summed E-state index contributed by atoms with van der Waals surface area (Å²) in [5, 5.41) is 15.8. The number of rotatable bonds is 2. The molecule has 0 fully saturated rings. The van der Waals surface area contributed by atoms with Gasteiger partial charge in [0, 0.05) is 17.7 Å². The molecular weight excluding hydrogens is 182 g/mol. The number of H-pyrrole nitrogens is 1. The van der Waals surface area contributed by atoms with Crippen LogP contribution in [0.4, 0.5) is 0 Å². The summed E-state index contributed by atoms with van der Waals surface area (Å²) in [7, 11) is 0. The SMILES string of the molecule is O=C(O)C=Cc1cnc2[nH]ncc2c1. The van der Waals surface area contributed by atoms with Gasteiger partial charge in [0.1, 0.15) is 0 Å². The van der Waals surface area contributed by atoms with E-state index in [4.69, 9.17) is 5.11 Å². The van der Waals surface area contributed by atoms with Crippen molar-refractivity contribution in [1.82, 2.24) is 15.2 Å². The first kappa shape index (κ1) is 8.43. The van der Waals surface area contributed by atoms with Crippen LogP contribution in [0, 0.1) is 0 Å². The fourth-order valence-corrected chi connectivity index (χ4v) is 1.11. The van der Waals surface area contributed by atoms with Gasteiger partial charge in [-0.1, -0.05) is 0 Å². The predicted molar refractivity (Wildman–Crippen MR) is 50.6 cm³/mol. The summed E-state index contributed by atoms with van der Waals surface area (Å²) in [6.07, 6.45) is 5.78. The number of hydrogen-bond donors (Lipinski definition) is 2. The van der Waals surface area contributed by atoms with Crippen molar-refractivity contribution in [3.8, 4) is 0 Å². The van der Waals surface area contributed by atoms with Crippen LogP contribution >= 0.6 is 0 Å². The lowest BCUT2D eigenvalue weighted by atomic mass is 10.2. The molecule has 14 heavy (non-hydrogen) atoms. The van der Waals surface area contributed by atoms with Crippen LogP contribution in [-0.4, -0.2) is 26.3 Å². The second kappa shape index (κ2) is 3.29. The zero-order valence-corrected chi connectivity index (χ0v) is 7.14. The highest BCUT2D eigenvalue weighted by atomic mass is 16.4. The van der Waals surface area contributed by atoms with Crippen molar-refractivity contribution in [2.24, 2.45) is 0 Å². The van der Waals surface area contributed by atoms with E-state index in [0.717, 1.165) is 17.0 Å². The highest BCUT2D eigenvalue weighted by Gasteiger charge is 1.96. The number of fused-ring (bicyclic) bond motifs is 1. The monoisotopic (exact) mass is 189 g/mol. The molecule has 0 spiro atoms. The molecule has 0 unspecified atom stereocenters. The second-order valence-corrected chi connectivity index (χ2v) is 2.75. The Kier molecular flexibility index (Phi) is 1.98. The van der Waals surface area contributed by atoms with Gasteiger partial charge in [-0.15, -0.1) is 0 Å². The van der Waals surface area contributed by atoms with Crippen molar-refractivity contribution in [3.63, 3.8) is 0 Å². The number of aromatic nitrogens is 3. The quantitative estimate of drug-likeness (QED) is 0.692. The maximum Gasteiger partial charge on any atom is 0.328 e. The van der Waals surface area contributed by atoms with Gasteiger partial charge in [-0.2, -0.15) is 5.10 Å². The number of carboxylic acid groups (broad SMARTS) is 1. The Morgan fingerprint density at radius 3 is 3.14 bits per heavy atom. The van der Waals surface area contributed by atoms with Crippen molar-refractivity contribution >= 4 is 23.1 Å². The first-order chi connectivity index (χ1) is 6.75. The van der Waals surface area contributed by atoms with E-state index in [9.17, 15) is 4.79 Å². The zero-order chi connectivity index (χ0) is 9.97. The van der Waals surface area contributed by atoms with Crippen LogP contribution in [0.15, 0.2) is 24.5 Å². The van der Waals surface area contributed by atoms with Gasteiger partial charge in [0.25, 0.3) is 0 Å². The molecule has 5 heteroatoms. The molecule has 0 saturated carbocycles. The third-order valence-corrected chi connectivity index (χ3v) is 1.73. The standard InChI is InChI=1S/C9H7N3O2/c13-8(14)2-1-6-3-7-5-11-12-9(7)10-4-6/h1-5H,(H,13,14)(H,10,11,12). The number of nitrogens with one attached hydrogen (secondary N) is 1. The van der Waals surface area contributed by atoms with Crippen LogP contribution in [0.5, 0.6) is 0 Å². The third-order valence-electron chi connectivity index (χ3n) is 1.73. The lowest BCUT2D eigenvalue weighted by Gasteiger charge is -1.91. The zero-order valence-electron chi connectivity index (χ0n) is 7.14. The van der Waals surface area contributed by atoms with Gasteiger partial charge >= 0.3 is 5.97 Å². The molecule has 0 aliphatic carbocycles. The van der Waals surface area contributed by atoms with Crippen LogP contribution in [0.25, 0.3) is 17.1 Å². The Balaban J connectivity index is 2.39. The van der Waals surface area contributed by atoms with E-state index in [2.05, 4.69) is 15.2 Å². The summed E-state index contributed by atoms with van der Waals surface area (Å²) in [5.74, 6) is -0.975. The number of carboxylic acids is 1. The molecule has 0 saturated heterocycles. The van der Waals surface area contributed by atoms with E-state index < -0.39 is 5.97 Å². The van der Waals surface area contributed by atoms with Crippen LogP contribution in [0.2, 0.25) is 0 Å². The number of aromatic amines is 1. The molecule has 2 aromatic heterocycles. The highest BCUT2D eigenvalue weighted by molar-refractivity contribution is 5.86. The van der Waals surface area contributed by atoms with Crippen LogP contribution in [0.3, 0.4) is 0 Å². The molecule has 2 rings (SSSR count). The summed E-state index contributed by atoms with van der Waals surface area (Å²) in [5.41, 5.74) is 1.43. The molecule has 5 nitrogen and oxygen atoms in total. The molecule has 0 aromatic carbocycles. The molecule has 0 radical (unpaired) electrons. The molecule has 2 heterocycles. The van der Waals surface area contributed by atoms with Crippen molar-refractivity contribution in [2.45, 2.75) is 0 Å². The first-order valence-electron chi connectivity index (χ1n) is 3.96. The Morgan fingerprint density at radius 2 is 2.36 bits per heavy atom. The molecule has 0 bridgehead atoms. The van der Waals surface area contributed by atoms with E-state index in [1.807, 2.05) is 6.07 Å². The predicted octanol–water partition coefficient (Wildman–Crippen LogP) is 1.06. The van der Waals surface area contributed by atoms with E-state index in [1.54, 1.807) is 12.4 Å². The molecule has 0 aliphatic heterocycles. The maximum absolute atomic E-state index is 10.3. The minimum Gasteiger partial charge on any atom is -0.478 e. The normalized spacial score (nSPS) is 11.1. The van der Waals surface area contributed by atoms with E-state index in [1.165, 1.54) is 6.08 Å². The smallest absolute Gasteiger partial charge is 0.328 e. The third kappa shape index (κ3) is 1.61. The van der Waals surface area contributed by atoms with Crippen LogP contribution < -0.4 is 0 Å². The number of carbonyl (C=O) groups is 1. The summed E-state index contributed by atoms with van der Waals surface area (Å²) in [6, 6.07) is 1.81. The Hall–Kier alpha value is -2.17. The summed E-state index contributed by atoms with van der Waals surface area (Å²) in [6.45, 7) is 0. The van der Waals surface area contributed by atoms with Crippen LogP contribution in [0.1, 0.15) is 5.56 Å². The summed E-state index contributed by atoms with van der Waals surface area (Å²) >= 11 is 0.